The van der Waals surface area contributed by atoms with Crippen molar-refractivity contribution in [2.75, 3.05) is 28.4 Å². The molecule has 2 unspecified atom stereocenters. The topological polar surface area (TPSA) is 175 Å². The van der Waals surface area contributed by atoms with Gasteiger partial charge in [-0.1, -0.05) is 0 Å². The molecule has 0 aliphatic heterocycles. The van der Waals surface area contributed by atoms with E-state index in [-0.39, 0.29) is 0 Å². The zero-order valence-electron chi connectivity index (χ0n) is 19.0. The van der Waals surface area contributed by atoms with E-state index >= 15 is 0 Å². The Hall–Kier alpha value is 1.87. The summed E-state index contributed by atoms with van der Waals surface area (Å²) < 4.78 is 46.2. The lowest BCUT2D eigenvalue weighted by atomic mass is 11.8. The van der Waals surface area contributed by atoms with Crippen LogP contribution in [0.3, 0.4) is 0 Å². The lowest BCUT2D eigenvalue weighted by Gasteiger charge is -2.53. The summed E-state index contributed by atoms with van der Waals surface area (Å²) >= 11 is 0. The minimum atomic E-state index is -4.27. The van der Waals surface area contributed by atoms with Gasteiger partial charge in [0, 0.05) is 28.4 Å². The molecule has 0 aliphatic carbocycles. The minimum Gasteiger partial charge on any atom is -0.433 e. The third kappa shape index (κ3) is 7.68. The fourth-order valence-corrected chi connectivity index (χ4v) is 98.9. The highest BCUT2D eigenvalue weighted by atomic mass is 30.2. The fourth-order valence-electron chi connectivity index (χ4n) is 2.56. The molecule has 183 valence electrons. The van der Waals surface area contributed by atoms with Gasteiger partial charge in [0.15, 0.2) is 0 Å². The van der Waals surface area contributed by atoms with Gasteiger partial charge in [-0.05, 0) is 26.2 Å². The summed E-state index contributed by atoms with van der Waals surface area (Å²) in [6.07, 6.45) is 0. The second-order valence-electron chi connectivity index (χ2n) is 6.98. The molecule has 32 heavy (non-hydrogen) atoms. The maximum atomic E-state index is 10.8. The van der Waals surface area contributed by atoms with Gasteiger partial charge in [0.05, 0.1) is 9.76 Å². The van der Waals surface area contributed by atoms with Crippen molar-refractivity contribution in [3.05, 3.63) is 0 Å². The van der Waals surface area contributed by atoms with Crippen LogP contribution < -0.4 is 0 Å². The van der Waals surface area contributed by atoms with Crippen LogP contribution >= 0.6 is 0 Å². The van der Waals surface area contributed by atoms with Gasteiger partial charge in [-0.2, -0.15) is 0 Å². The van der Waals surface area contributed by atoms with E-state index in [0.717, 1.165) is 0 Å². The third-order valence-electron chi connectivity index (χ3n) is 3.81. The summed E-state index contributed by atoms with van der Waals surface area (Å²) in [4.78, 5) is 51.7. The summed E-state index contributed by atoms with van der Waals surface area (Å²) in [5.41, 5.74) is 0. The Bertz CT molecular complexity index is 546. The summed E-state index contributed by atoms with van der Waals surface area (Å²) in [6.45, 7) is -1.45. The first-order chi connectivity index (χ1) is 14.6. The maximum Gasteiger partial charge on any atom is 0.669 e. The molecule has 0 aromatic heterocycles. The molecule has 0 spiro atoms. The Morgan fingerprint density at radius 3 is 1.44 bits per heavy atom. The number of hydrogen-bond acceptors (Lipinski definition) is 13. The molecule has 11 radical (unpaired) electrons. The van der Waals surface area contributed by atoms with Crippen molar-refractivity contribution in [3.8, 4) is 0 Å². The van der Waals surface area contributed by atoms with Gasteiger partial charge in [-0.3, -0.25) is 0 Å². The molecule has 0 saturated heterocycles. The van der Waals surface area contributed by atoms with Crippen LogP contribution in [-0.2, 0) is 34.2 Å². The van der Waals surface area contributed by atoms with Crippen LogP contribution in [0.5, 0.6) is 0 Å². The molecule has 13 nitrogen and oxygen atoms in total. The Kier molecular flexibility index (Phi) is 14.2. The molecule has 0 rings (SSSR count). The summed E-state index contributed by atoms with van der Waals surface area (Å²) in [6, 6.07) is 0. The molecule has 0 amide bonds. The van der Waals surface area contributed by atoms with Crippen LogP contribution in [0, 0.1) is 0 Å². The van der Waals surface area contributed by atoms with Crippen molar-refractivity contribution in [1.82, 2.24) is 0 Å². The SMILES string of the molecule is CO[Si](OC)(OC)O[Si](C)(C)O[Si](O[Si](C)(C)O)([Si]([Si])(OC)[Si]O)[Si](O[Si]O)([Si]O)[Si]O. The molecule has 2 atom stereocenters. The van der Waals surface area contributed by atoms with Crippen molar-refractivity contribution in [2.45, 2.75) is 26.2 Å². The van der Waals surface area contributed by atoms with Gasteiger partial charge in [0.2, 0.25) is 34.7 Å². The molecular weight excluding hydrogens is 613 g/mol. The van der Waals surface area contributed by atoms with E-state index in [1.54, 1.807) is 13.1 Å². The van der Waals surface area contributed by atoms with Gasteiger partial charge >= 0.3 is 43.8 Å². The van der Waals surface area contributed by atoms with Gasteiger partial charge in [-0.15, -0.1) is 0 Å². The van der Waals surface area contributed by atoms with Crippen LogP contribution in [0.2, 0.25) is 26.2 Å². The fraction of sp³-hybridized carbons (Fsp3) is 1.00. The second-order valence-corrected chi connectivity index (χ2v) is 52.5. The largest absolute Gasteiger partial charge is 0.669 e. The summed E-state index contributed by atoms with van der Waals surface area (Å²) in [5.74, 6) is 0. The molecule has 0 aliphatic rings. The van der Waals surface area contributed by atoms with Crippen LogP contribution in [0.25, 0.3) is 0 Å². The molecule has 0 bridgehead atoms. The van der Waals surface area contributed by atoms with Gasteiger partial charge in [0.25, 0.3) is 6.87 Å². The van der Waals surface area contributed by atoms with Crippen LogP contribution in [-0.4, -0.2) is 148 Å². The predicted molar refractivity (Wildman–Crippen MR) is 130 cm³/mol. The Labute approximate surface area is 207 Å². The highest BCUT2D eigenvalue weighted by Gasteiger charge is 2.76. The van der Waals surface area contributed by atoms with Crippen molar-refractivity contribution in [2.24, 2.45) is 0 Å². The molecule has 24 heteroatoms. The lowest BCUT2D eigenvalue weighted by molar-refractivity contribution is 0.0406. The summed E-state index contributed by atoms with van der Waals surface area (Å²) in [5, 5.41) is 0. The standard InChI is InChI=1S/C8H29O13Si11/c1-14-29(15-2,16-3)20-28(7,8)21-30(19-27(5,6)13,31(22,17-4)24-10)32(25-11,26-12)18-23-9/h9-13H,1-8H3. The third-order valence-corrected chi connectivity index (χ3v) is 69.4. The van der Waals surface area contributed by atoms with Crippen molar-refractivity contribution >= 4 is 95.1 Å². The molecule has 0 heterocycles. The van der Waals surface area contributed by atoms with Crippen LogP contribution in [0.15, 0.2) is 0 Å². The van der Waals surface area contributed by atoms with Crippen molar-refractivity contribution in [3.63, 3.8) is 0 Å². The maximum absolute atomic E-state index is 10.8. The monoisotopic (exact) mass is 641 g/mol. The molecule has 0 fully saturated rings. The van der Waals surface area contributed by atoms with E-state index in [2.05, 4.69) is 9.76 Å². The quantitative estimate of drug-likeness (QED) is 0.0962. The van der Waals surface area contributed by atoms with E-state index < -0.39 is 85.4 Å². The van der Waals surface area contributed by atoms with Crippen LogP contribution in [0.1, 0.15) is 0 Å². The predicted octanol–water partition coefficient (Wildman–Crippen LogP) is -4.52. The smallest absolute Gasteiger partial charge is 0.433 e. The zero-order valence-corrected chi connectivity index (χ0v) is 30.0. The molecule has 5 N–H and O–H groups in total. The second kappa shape index (κ2) is 13.4. The highest BCUT2D eigenvalue weighted by Crippen LogP contribution is 2.35. The Morgan fingerprint density at radius 1 is 0.688 bits per heavy atom. The van der Waals surface area contributed by atoms with E-state index in [0.29, 0.717) is 0 Å². The molecule has 0 aromatic rings. The first kappa shape index (κ1) is 33.9. The van der Waals surface area contributed by atoms with E-state index in [1.807, 2.05) is 0 Å². The lowest BCUT2D eigenvalue weighted by Crippen LogP contribution is -2.92. The number of hydrogen-bond donors (Lipinski definition) is 5. The average molecular weight is 642 g/mol. The first-order valence-corrected chi connectivity index (χ1v) is 31.8. The molecular formula is C8H29O13Si11. The molecule has 0 saturated carbocycles. The van der Waals surface area contributed by atoms with E-state index in [4.69, 9.17) is 34.2 Å². The zero-order chi connectivity index (χ0) is 25.5. The van der Waals surface area contributed by atoms with E-state index in [9.17, 15) is 24.0 Å². The summed E-state index contributed by atoms with van der Waals surface area (Å²) in [7, 11) is -10.0. The average Bonchev–Trinajstić information content (AvgIpc) is 2.73. The Morgan fingerprint density at radius 2 is 1.16 bits per heavy atom. The van der Waals surface area contributed by atoms with E-state index in [1.165, 1.54) is 41.5 Å². The van der Waals surface area contributed by atoms with Gasteiger partial charge < -0.3 is 58.1 Å². The number of rotatable bonds is 17. The van der Waals surface area contributed by atoms with Gasteiger partial charge in [0.1, 0.15) is 0 Å². The van der Waals surface area contributed by atoms with Gasteiger partial charge in [-0.25, -0.2) is 0 Å². The van der Waals surface area contributed by atoms with Crippen LogP contribution in [0.4, 0.5) is 0 Å². The highest BCUT2D eigenvalue weighted by molar-refractivity contribution is 7.95. The van der Waals surface area contributed by atoms with Crippen molar-refractivity contribution in [1.29, 1.82) is 0 Å². The normalized spacial score (nSPS) is 17.8. The molecule has 0 aromatic carbocycles. The first-order valence-electron chi connectivity index (χ1n) is 8.70. The van der Waals surface area contributed by atoms with Crippen molar-refractivity contribution < 1.29 is 58.1 Å². The Balaban J connectivity index is 7.08. The minimum absolute atomic E-state index is 0.902.